The van der Waals surface area contributed by atoms with Crippen LogP contribution in [0.15, 0.2) is 95.5 Å². The summed E-state index contributed by atoms with van der Waals surface area (Å²) in [5, 5.41) is 10.1. The maximum Gasteiger partial charge on any atom is 0.292 e. The highest BCUT2D eigenvalue weighted by Gasteiger charge is 2.14. The lowest BCUT2D eigenvalue weighted by Crippen LogP contribution is -2.12. The monoisotopic (exact) mass is 457 g/mol. The van der Waals surface area contributed by atoms with E-state index in [9.17, 15) is 4.79 Å². The van der Waals surface area contributed by atoms with Gasteiger partial charge in [-0.05, 0) is 40.6 Å². The van der Waals surface area contributed by atoms with Crippen molar-refractivity contribution in [2.75, 3.05) is 5.32 Å². The van der Waals surface area contributed by atoms with Crippen LogP contribution in [0.1, 0.15) is 21.9 Å². The Morgan fingerprint density at radius 1 is 0.970 bits per heavy atom. The summed E-state index contributed by atoms with van der Waals surface area (Å²) in [7, 11) is 0. The molecule has 5 aromatic rings. The number of furan rings is 1. The van der Waals surface area contributed by atoms with Crippen LogP contribution in [-0.4, -0.2) is 15.7 Å². The van der Waals surface area contributed by atoms with Gasteiger partial charge in [-0.2, -0.15) is 5.10 Å². The summed E-state index contributed by atoms with van der Waals surface area (Å²) in [5.74, 6) is 1.32. The fourth-order valence-corrected chi connectivity index (χ4v) is 3.78. The fourth-order valence-electron chi connectivity index (χ4n) is 3.59. The molecule has 0 unspecified atom stereocenters. The lowest BCUT2D eigenvalue weighted by atomic mass is 10.0. The second-order valence-corrected chi connectivity index (χ2v) is 7.88. The molecule has 1 N–H and O–H groups in total. The van der Waals surface area contributed by atoms with Gasteiger partial charge < -0.3 is 14.5 Å². The van der Waals surface area contributed by atoms with Crippen molar-refractivity contribution >= 4 is 34.1 Å². The molecule has 0 aliphatic heterocycles. The van der Waals surface area contributed by atoms with Gasteiger partial charge in [0.05, 0.1) is 11.6 Å². The van der Waals surface area contributed by atoms with E-state index in [1.807, 2.05) is 36.5 Å². The number of hydrogen-bond acceptors (Lipinski definition) is 4. The number of para-hydroxylation sites is 1. The summed E-state index contributed by atoms with van der Waals surface area (Å²) in [5.41, 5.74) is 1.16. The first-order chi connectivity index (χ1) is 16.2. The number of hydrogen-bond donors (Lipinski definition) is 1. The van der Waals surface area contributed by atoms with Crippen LogP contribution in [-0.2, 0) is 13.2 Å². The van der Waals surface area contributed by atoms with E-state index < -0.39 is 0 Å². The highest BCUT2D eigenvalue weighted by Crippen LogP contribution is 2.24. The van der Waals surface area contributed by atoms with Crippen molar-refractivity contribution < 1.29 is 13.9 Å². The summed E-state index contributed by atoms with van der Waals surface area (Å²) in [6, 6.07) is 26.7. The van der Waals surface area contributed by atoms with Crippen LogP contribution < -0.4 is 10.1 Å². The minimum atomic E-state index is -0.380. The predicted octanol–water partition coefficient (Wildman–Crippen LogP) is 6.16. The molecule has 0 bridgehead atoms. The van der Waals surface area contributed by atoms with E-state index in [1.54, 1.807) is 35.0 Å². The number of aromatic nitrogens is 2. The Morgan fingerprint density at radius 3 is 2.70 bits per heavy atom. The highest BCUT2D eigenvalue weighted by atomic mass is 35.5. The van der Waals surface area contributed by atoms with Crippen molar-refractivity contribution in [2.45, 2.75) is 13.2 Å². The number of ether oxygens (including phenoxy) is 1. The molecule has 3 aromatic carbocycles. The molecule has 0 saturated carbocycles. The molecule has 0 radical (unpaired) electrons. The molecule has 0 saturated heterocycles. The first-order valence-corrected chi connectivity index (χ1v) is 10.8. The van der Waals surface area contributed by atoms with Gasteiger partial charge in [-0.15, -0.1) is 0 Å². The highest BCUT2D eigenvalue weighted by molar-refractivity contribution is 6.32. The van der Waals surface area contributed by atoms with Gasteiger partial charge in [0.2, 0.25) is 0 Å². The molecular formula is C26H20ClN3O3. The predicted molar refractivity (Wildman–Crippen MR) is 128 cm³/mol. The van der Waals surface area contributed by atoms with Crippen molar-refractivity contribution in [3.05, 3.63) is 113 Å². The Kier molecular flexibility index (Phi) is 5.83. The van der Waals surface area contributed by atoms with Crippen molar-refractivity contribution in [3.63, 3.8) is 0 Å². The minimum absolute atomic E-state index is 0.163. The molecule has 0 spiro atoms. The molecule has 2 heterocycles. The quantitative estimate of drug-likeness (QED) is 0.317. The number of fused-ring (bicyclic) bond motifs is 1. The molecule has 164 valence electrons. The zero-order valence-corrected chi connectivity index (χ0v) is 18.3. The van der Waals surface area contributed by atoms with Gasteiger partial charge >= 0.3 is 0 Å². The summed E-state index contributed by atoms with van der Waals surface area (Å²) in [6.45, 7) is 0.762. The standard InChI is InChI=1S/C26H20ClN3O3/c27-22-10-3-4-11-23(22)32-17-20-12-13-24(33-20)26(31)28-25-14-15-30(29-25)16-19-8-5-7-18-6-1-2-9-21(18)19/h1-15H,16-17H2,(H,28,29,31). The Morgan fingerprint density at radius 2 is 1.79 bits per heavy atom. The molecule has 0 aliphatic rings. The third kappa shape index (κ3) is 4.76. The number of benzene rings is 3. The van der Waals surface area contributed by atoms with Crippen LogP contribution in [0.25, 0.3) is 10.8 Å². The van der Waals surface area contributed by atoms with Crippen LogP contribution in [0.5, 0.6) is 5.75 Å². The number of anilines is 1. The van der Waals surface area contributed by atoms with Gasteiger partial charge in [-0.1, -0.05) is 66.2 Å². The minimum Gasteiger partial charge on any atom is -0.484 e. The smallest absolute Gasteiger partial charge is 0.292 e. The fraction of sp³-hybridized carbons (Fsp3) is 0.0769. The number of amides is 1. The molecule has 0 atom stereocenters. The number of carbonyl (C=O) groups is 1. The van der Waals surface area contributed by atoms with Gasteiger partial charge in [0.15, 0.2) is 11.6 Å². The van der Waals surface area contributed by atoms with Gasteiger partial charge in [0.25, 0.3) is 5.91 Å². The van der Waals surface area contributed by atoms with Gasteiger partial charge in [-0.25, -0.2) is 0 Å². The van der Waals surface area contributed by atoms with E-state index in [1.165, 1.54) is 10.8 Å². The molecule has 1 amide bonds. The zero-order chi connectivity index (χ0) is 22.6. The topological polar surface area (TPSA) is 69.3 Å². The Bertz CT molecular complexity index is 1420. The Labute approximate surface area is 195 Å². The second kappa shape index (κ2) is 9.22. The zero-order valence-electron chi connectivity index (χ0n) is 17.6. The first kappa shape index (κ1) is 20.8. The van der Waals surface area contributed by atoms with E-state index in [-0.39, 0.29) is 18.3 Å². The van der Waals surface area contributed by atoms with E-state index in [4.69, 9.17) is 20.8 Å². The number of rotatable bonds is 7. The Balaban J connectivity index is 1.22. The van der Waals surface area contributed by atoms with Gasteiger partial charge in [-0.3, -0.25) is 9.48 Å². The average molecular weight is 458 g/mol. The molecule has 6 nitrogen and oxygen atoms in total. The van der Waals surface area contributed by atoms with E-state index in [0.717, 1.165) is 5.56 Å². The second-order valence-electron chi connectivity index (χ2n) is 7.48. The summed E-state index contributed by atoms with van der Waals surface area (Å²) in [6.07, 6.45) is 1.84. The lowest BCUT2D eigenvalue weighted by molar-refractivity contribution is 0.0992. The third-order valence-electron chi connectivity index (χ3n) is 5.19. The normalized spacial score (nSPS) is 10.9. The molecule has 33 heavy (non-hydrogen) atoms. The molecule has 0 fully saturated rings. The number of nitrogens with one attached hydrogen (secondary N) is 1. The number of nitrogens with zero attached hydrogens (tertiary/aromatic N) is 2. The third-order valence-corrected chi connectivity index (χ3v) is 5.50. The van der Waals surface area contributed by atoms with E-state index in [0.29, 0.717) is 28.9 Å². The van der Waals surface area contributed by atoms with Crippen LogP contribution >= 0.6 is 11.6 Å². The van der Waals surface area contributed by atoms with Crippen molar-refractivity contribution in [1.82, 2.24) is 9.78 Å². The van der Waals surface area contributed by atoms with Crippen LogP contribution in [0.4, 0.5) is 5.82 Å². The van der Waals surface area contributed by atoms with E-state index in [2.05, 4.69) is 34.7 Å². The lowest BCUT2D eigenvalue weighted by Gasteiger charge is -2.07. The van der Waals surface area contributed by atoms with Crippen molar-refractivity contribution in [2.24, 2.45) is 0 Å². The number of halogens is 1. The molecular weight excluding hydrogens is 438 g/mol. The maximum absolute atomic E-state index is 12.6. The SMILES string of the molecule is O=C(Nc1ccn(Cc2cccc3ccccc23)n1)c1ccc(COc2ccccc2Cl)o1. The average Bonchev–Trinajstić information content (AvgIpc) is 3.48. The summed E-state index contributed by atoms with van der Waals surface area (Å²) < 4.78 is 13.1. The van der Waals surface area contributed by atoms with Crippen LogP contribution in [0.3, 0.4) is 0 Å². The maximum atomic E-state index is 12.6. The number of carbonyl (C=O) groups excluding carboxylic acids is 1. The summed E-state index contributed by atoms with van der Waals surface area (Å²) in [4.78, 5) is 12.6. The van der Waals surface area contributed by atoms with E-state index >= 15 is 0 Å². The van der Waals surface area contributed by atoms with Gasteiger partial charge in [0, 0.05) is 12.3 Å². The molecule has 5 rings (SSSR count). The van der Waals surface area contributed by atoms with Gasteiger partial charge in [0.1, 0.15) is 18.1 Å². The van der Waals surface area contributed by atoms with Crippen LogP contribution in [0.2, 0.25) is 5.02 Å². The first-order valence-electron chi connectivity index (χ1n) is 10.4. The Hall–Kier alpha value is -4.03. The van der Waals surface area contributed by atoms with Crippen molar-refractivity contribution in [1.29, 1.82) is 0 Å². The largest absolute Gasteiger partial charge is 0.484 e. The van der Waals surface area contributed by atoms with Crippen molar-refractivity contribution in [3.8, 4) is 5.75 Å². The molecule has 7 heteroatoms. The molecule has 0 aliphatic carbocycles. The molecule has 2 aromatic heterocycles. The summed E-state index contributed by atoms with van der Waals surface area (Å²) >= 11 is 6.09. The van der Waals surface area contributed by atoms with Crippen LogP contribution in [0, 0.1) is 0 Å².